The van der Waals surface area contributed by atoms with E-state index in [0.29, 0.717) is 28.9 Å². The summed E-state index contributed by atoms with van der Waals surface area (Å²) in [7, 11) is 3.12. The van der Waals surface area contributed by atoms with E-state index in [2.05, 4.69) is 21.4 Å². The molecular formula is C21H19Cl2N3O2. The van der Waals surface area contributed by atoms with Crippen LogP contribution in [-0.4, -0.2) is 30.7 Å². The van der Waals surface area contributed by atoms with Crippen LogP contribution in [0.5, 0.6) is 11.9 Å². The Balaban J connectivity index is 1.91. The average Bonchev–Trinajstić information content (AvgIpc) is 3.06. The molecular weight excluding hydrogens is 397 g/mol. The Morgan fingerprint density at radius 1 is 1.00 bits per heavy atom. The minimum absolute atomic E-state index is 0.266. The van der Waals surface area contributed by atoms with Crippen LogP contribution in [0.1, 0.15) is 16.8 Å². The van der Waals surface area contributed by atoms with Crippen LogP contribution in [0.4, 0.5) is 5.69 Å². The van der Waals surface area contributed by atoms with Gasteiger partial charge in [0.15, 0.2) is 0 Å². The van der Waals surface area contributed by atoms with Gasteiger partial charge in [-0.1, -0.05) is 41.4 Å². The molecule has 0 fully saturated rings. The predicted octanol–water partition coefficient (Wildman–Crippen LogP) is 4.75. The molecule has 144 valence electrons. The summed E-state index contributed by atoms with van der Waals surface area (Å²) in [6.07, 6.45) is 0.693. The van der Waals surface area contributed by atoms with E-state index in [-0.39, 0.29) is 6.01 Å². The van der Waals surface area contributed by atoms with Gasteiger partial charge < -0.3 is 14.8 Å². The van der Waals surface area contributed by atoms with Gasteiger partial charge in [-0.25, -0.2) is 0 Å². The fourth-order valence-corrected chi connectivity index (χ4v) is 4.12. The van der Waals surface area contributed by atoms with E-state index in [1.165, 1.54) is 0 Å². The minimum atomic E-state index is -0.450. The van der Waals surface area contributed by atoms with E-state index in [1.54, 1.807) is 14.2 Å². The fourth-order valence-electron chi connectivity index (χ4n) is 3.74. The average molecular weight is 416 g/mol. The number of fused-ring (bicyclic) bond motifs is 1. The topological polar surface area (TPSA) is 56.3 Å². The zero-order valence-corrected chi connectivity index (χ0v) is 17.0. The number of nitrogens with one attached hydrogen (secondary N) is 1. The van der Waals surface area contributed by atoms with Gasteiger partial charge in [-0.15, -0.1) is 0 Å². The highest BCUT2D eigenvalue weighted by atomic mass is 35.5. The molecule has 0 saturated heterocycles. The van der Waals surface area contributed by atoms with Gasteiger partial charge in [0.05, 0.1) is 25.3 Å². The second-order valence-electron chi connectivity index (χ2n) is 6.71. The quantitative estimate of drug-likeness (QED) is 0.650. The van der Waals surface area contributed by atoms with E-state index in [9.17, 15) is 0 Å². The third-order valence-electron chi connectivity index (χ3n) is 5.04. The molecule has 2 heterocycles. The molecule has 5 nitrogen and oxygen atoms in total. The number of benzene rings is 2. The summed E-state index contributed by atoms with van der Waals surface area (Å²) in [6.45, 7) is 0.651. The maximum absolute atomic E-state index is 6.24. The van der Waals surface area contributed by atoms with Gasteiger partial charge in [-0.2, -0.15) is 9.97 Å². The monoisotopic (exact) mass is 415 g/mol. The van der Waals surface area contributed by atoms with Crippen LogP contribution < -0.4 is 14.8 Å². The molecule has 4 rings (SSSR count). The Kier molecular flexibility index (Phi) is 5.04. The smallest absolute Gasteiger partial charge is 0.319 e. The first-order valence-electron chi connectivity index (χ1n) is 8.80. The van der Waals surface area contributed by atoms with Crippen LogP contribution >= 0.6 is 23.2 Å². The molecule has 0 radical (unpaired) electrons. The predicted molar refractivity (Wildman–Crippen MR) is 111 cm³/mol. The SMILES string of the molecule is COc1cc(C2(Cc3cccc(Cl)c3)CNc3cc(Cl)ccc32)nc(OC)n1. The summed E-state index contributed by atoms with van der Waals surface area (Å²) >= 11 is 12.5. The lowest BCUT2D eigenvalue weighted by molar-refractivity contribution is 0.345. The number of methoxy groups -OCH3 is 2. The third kappa shape index (κ3) is 3.36. The van der Waals surface area contributed by atoms with Crippen LogP contribution in [0.15, 0.2) is 48.5 Å². The molecule has 0 bridgehead atoms. The highest BCUT2D eigenvalue weighted by Crippen LogP contribution is 2.45. The van der Waals surface area contributed by atoms with Crippen molar-refractivity contribution in [1.82, 2.24) is 9.97 Å². The van der Waals surface area contributed by atoms with Crippen LogP contribution in [-0.2, 0) is 11.8 Å². The van der Waals surface area contributed by atoms with Gasteiger partial charge in [0, 0.05) is 28.3 Å². The molecule has 1 aromatic heterocycles. The Hall–Kier alpha value is -2.50. The summed E-state index contributed by atoms with van der Waals surface area (Å²) < 4.78 is 10.7. The van der Waals surface area contributed by atoms with Gasteiger partial charge >= 0.3 is 6.01 Å². The van der Waals surface area contributed by atoms with Crippen molar-refractivity contribution >= 4 is 28.9 Å². The summed E-state index contributed by atoms with van der Waals surface area (Å²) in [4.78, 5) is 8.92. The fraction of sp³-hybridized carbons (Fsp3) is 0.238. The van der Waals surface area contributed by atoms with Crippen molar-refractivity contribution in [3.8, 4) is 11.9 Å². The molecule has 1 N–H and O–H groups in total. The second kappa shape index (κ2) is 7.49. The highest BCUT2D eigenvalue weighted by Gasteiger charge is 2.43. The maximum atomic E-state index is 6.24. The Labute approximate surface area is 173 Å². The normalized spacial score (nSPS) is 17.7. The van der Waals surface area contributed by atoms with Gasteiger partial charge in [-0.05, 0) is 41.8 Å². The largest absolute Gasteiger partial charge is 0.481 e. The Bertz CT molecular complexity index is 1010. The molecule has 2 aromatic carbocycles. The van der Waals surface area contributed by atoms with Crippen molar-refractivity contribution < 1.29 is 9.47 Å². The molecule has 1 unspecified atom stereocenters. The standard InChI is InChI=1S/C21H19Cl2N3O2/c1-27-19-10-18(25-20(26-19)28-2)21(11-13-4-3-5-14(22)8-13)12-24-17-9-15(23)6-7-16(17)21/h3-10,24H,11-12H2,1-2H3. The minimum Gasteiger partial charge on any atom is -0.481 e. The van der Waals surface area contributed by atoms with Crippen molar-refractivity contribution in [1.29, 1.82) is 0 Å². The van der Waals surface area contributed by atoms with Crippen LogP contribution in [0, 0.1) is 0 Å². The summed E-state index contributed by atoms with van der Waals surface area (Å²) in [5.74, 6) is 0.453. The van der Waals surface area contributed by atoms with Crippen LogP contribution in [0.2, 0.25) is 10.0 Å². The van der Waals surface area contributed by atoms with Gasteiger partial charge in [0.25, 0.3) is 0 Å². The first-order valence-corrected chi connectivity index (χ1v) is 9.55. The van der Waals surface area contributed by atoms with Gasteiger partial charge in [-0.3, -0.25) is 0 Å². The van der Waals surface area contributed by atoms with E-state index in [4.69, 9.17) is 32.7 Å². The lowest BCUT2D eigenvalue weighted by Gasteiger charge is -2.29. The lowest BCUT2D eigenvalue weighted by Crippen LogP contribution is -2.34. The first kappa shape index (κ1) is 18.8. The van der Waals surface area contributed by atoms with E-state index >= 15 is 0 Å². The number of ether oxygens (including phenoxy) is 2. The third-order valence-corrected chi connectivity index (χ3v) is 5.51. The second-order valence-corrected chi connectivity index (χ2v) is 7.59. The van der Waals surface area contributed by atoms with Crippen molar-refractivity contribution in [2.45, 2.75) is 11.8 Å². The Morgan fingerprint density at radius 3 is 2.57 bits per heavy atom. The highest BCUT2D eigenvalue weighted by molar-refractivity contribution is 6.31. The van der Waals surface area contributed by atoms with Crippen LogP contribution in [0.25, 0.3) is 0 Å². The van der Waals surface area contributed by atoms with Crippen molar-refractivity contribution in [3.05, 3.63) is 75.4 Å². The molecule has 0 aliphatic carbocycles. The number of nitrogens with zero attached hydrogens (tertiary/aromatic N) is 2. The van der Waals surface area contributed by atoms with E-state index in [0.717, 1.165) is 22.5 Å². The number of hydrogen-bond acceptors (Lipinski definition) is 5. The van der Waals surface area contributed by atoms with Gasteiger partial charge in [0.1, 0.15) is 0 Å². The maximum Gasteiger partial charge on any atom is 0.319 e. The first-order chi connectivity index (χ1) is 13.5. The number of halogens is 2. The summed E-state index contributed by atoms with van der Waals surface area (Å²) in [6, 6.07) is 15.9. The van der Waals surface area contributed by atoms with Crippen molar-refractivity contribution in [2.24, 2.45) is 0 Å². The number of rotatable bonds is 5. The summed E-state index contributed by atoms with van der Waals surface area (Å²) in [5, 5.41) is 4.87. The number of hydrogen-bond donors (Lipinski definition) is 1. The number of aromatic nitrogens is 2. The molecule has 3 aromatic rings. The van der Waals surface area contributed by atoms with Crippen LogP contribution in [0.3, 0.4) is 0 Å². The molecule has 1 aliphatic heterocycles. The molecule has 0 saturated carbocycles. The zero-order chi connectivity index (χ0) is 19.7. The molecule has 0 spiro atoms. The molecule has 1 aliphatic rings. The molecule has 7 heteroatoms. The van der Waals surface area contributed by atoms with Crippen molar-refractivity contribution in [3.63, 3.8) is 0 Å². The molecule has 0 amide bonds. The Morgan fingerprint density at radius 2 is 1.82 bits per heavy atom. The zero-order valence-electron chi connectivity index (χ0n) is 15.5. The van der Waals surface area contributed by atoms with Gasteiger partial charge in [0.2, 0.25) is 5.88 Å². The molecule has 28 heavy (non-hydrogen) atoms. The number of anilines is 1. The summed E-state index contributed by atoms with van der Waals surface area (Å²) in [5.41, 5.74) is 3.57. The molecule has 1 atom stereocenters. The van der Waals surface area contributed by atoms with E-state index in [1.807, 2.05) is 42.5 Å². The van der Waals surface area contributed by atoms with Crippen molar-refractivity contribution in [2.75, 3.05) is 26.1 Å². The van der Waals surface area contributed by atoms with E-state index < -0.39 is 5.41 Å². The lowest BCUT2D eigenvalue weighted by atomic mass is 9.74.